The quantitative estimate of drug-likeness (QED) is 0.0101. The third-order valence-electron chi connectivity index (χ3n) is 13.6. The highest BCUT2D eigenvalue weighted by molar-refractivity contribution is 8.00. The van der Waals surface area contributed by atoms with Crippen molar-refractivity contribution in [1.29, 1.82) is 0 Å². The first-order valence-corrected chi connectivity index (χ1v) is 25.9. The third-order valence-corrected chi connectivity index (χ3v) is 15.0. The maximum Gasteiger partial charge on any atom is 0.422 e. The van der Waals surface area contributed by atoms with E-state index in [1.165, 1.54) is 41.2 Å². The highest BCUT2D eigenvalue weighted by Crippen LogP contribution is 2.44. The normalized spacial score (nSPS) is 21.7. The van der Waals surface area contributed by atoms with Crippen molar-refractivity contribution in [3.63, 3.8) is 0 Å². The van der Waals surface area contributed by atoms with Crippen LogP contribution in [-0.2, 0) is 33.5 Å². The van der Waals surface area contributed by atoms with Gasteiger partial charge in [0.2, 0.25) is 0 Å². The zero-order valence-electron chi connectivity index (χ0n) is 41.3. The van der Waals surface area contributed by atoms with Crippen LogP contribution in [0, 0.1) is 17.8 Å². The lowest BCUT2D eigenvalue weighted by Gasteiger charge is -2.37. The van der Waals surface area contributed by atoms with Crippen LogP contribution in [0.1, 0.15) is 86.6 Å². The number of alkyl halides is 6. The van der Waals surface area contributed by atoms with Crippen LogP contribution in [0.2, 0.25) is 0 Å². The van der Waals surface area contributed by atoms with E-state index >= 15 is 0 Å². The lowest BCUT2D eigenvalue weighted by molar-refractivity contribution is -0.176. The SMILES string of the molecule is C=C(C(=O)OCCOC1CCC(C2CCC(C(=O)Oc3ccc(OC(=O)c4ccc5cc(OCCCOC6CO6)ccc5c4)c(/C=N/ON(CCCC(F)(F)F)C4Sc5ccccc5N4C)c3)CC2)CC1)C(F)(F)F. The highest BCUT2D eigenvalue weighted by Gasteiger charge is 2.39. The molecule has 75 heavy (non-hydrogen) atoms. The summed E-state index contributed by atoms with van der Waals surface area (Å²) < 4.78 is 117. The van der Waals surface area contributed by atoms with Crippen molar-refractivity contribution in [3.05, 3.63) is 102 Å². The summed E-state index contributed by atoms with van der Waals surface area (Å²) in [6.45, 7) is 3.88. The summed E-state index contributed by atoms with van der Waals surface area (Å²) in [5, 5.41) is 7.15. The van der Waals surface area contributed by atoms with Gasteiger partial charge in [-0.15, -0.1) is 0 Å². The van der Waals surface area contributed by atoms with Gasteiger partial charge in [-0.25, -0.2) is 9.59 Å². The molecular weight excluding hydrogens is 1010 g/mol. The molecule has 0 spiro atoms. The number of nitrogens with zero attached hydrogens (tertiary/aromatic N) is 3. The first kappa shape index (κ1) is 55.4. The van der Waals surface area contributed by atoms with Gasteiger partial charge in [0.15, 0.2) is 11.8 Å². The number of benzene rings is 4. The number of oxime groups is 1. The molecule has 14 nitrogen and oxygen atoms in total. The van der Waals surface area contributed by atoms with Gasteiger partial charge < -0.3 is 38.1 Å². The van der Waals surface area contributed by atoms with Crippen molar-refractivity contribution >= 4 is 52.3 Å². The smallest absolute Gasteiger partial charge is 0.422 e. The van der Waals surface area contributed by atoms with Gasteiger partial charge in [0.05, 0.1) is 49.3 Å². The lowest BCUT2D eigenvalue weighted by atomic mass is 9.70. The number of fused-ring (bicyclic) bond motifs is 2. The van der Waals surface area contributed by atoms with Crippen molar-refractivity contribution in [2.75, 3.05) is 51.5 Å². The molecular formula is C54H59F6N3O11S. The fourth-order valence-electron chi connectivity index (χ4n) is 9.47. The van der Waals surface area contributed by atoms with E-state index in [0.717, 1.165) is 59.9 Å². The Kier molecular flexibility index (Phi) is 18.7. The van der Waals surface area contributed by atoms with E-state index in [4.69, 9.17) is 33.4 Å². The van der Waals surface area contributed by atoms with Crippen molar-refractivity contribution < 1.29 is 78.8 Å². The number of carbonyl (C=O) groups is 3. The molecule has 2 saturated carbocycles. The lowest BCUT2D eigenvalue weighted by Crippen LogP contribution is -2.42. The maximum absolute atomic E-state index is 13.8. The molecule has 404 valence electrons. The van der Waals surface area contributed by atoms with Crippen LogP contribution in [0.5, 0.6) is 17.2 Å². The number of para-hydroxylation sites is 1. The zero-order valence-corrected chi connectivity index (χ0v) is 42.1. The van der Waals surface area contributed by atoms with E-state index in [1.54, 1.807) is 18.2 Å². The number of thioether (sulfide) groups is 1. The number of rotatable bonds is 23. The number of hydroxylamine groups is 2. The van der Waals surface area contributed by atoms with Crippen LogP contribution in [0.3, 0.4) is 0 Å². The summed E-state index contributed by atoms with van der Waals surface area (Å²) >= 11 is 1.40. The number of halogens is 6. The predicted octanol–water partition coefficient (Wildman–Crippen LogP) is 11.6. The fraction of sp³-hybridized carbons (Fsp3) is 0.481. The van der Waals surface area contributed by atoms with E-state index < -0.39 is 47.8 Å². The van der Waals surface area contributed by atoms with Gasteiger partial charge in [0, 0.05) is 36.9 Å². The molecule has 2 atom stereocenters. The molecule has 1 saturated heterocycles. The Labute approximate surface area is 434 Å². The van der Waals surface area contributed by atoms with E-state index in [-0.39, 0.29) is 67.1 Å². The molecule has 8 rings (SSSR count). The molecule has 21 heteroatoms. The second kappa shape index (κ2) is 25.3. The van der Waals surface area contributed by atoms with Crippen LogP contribution in [-0.4, -0.2) is 106 Å². The van der Waals surface area contributed by atoms with Crippen molar-refractivity contribution in [2.24, 2.45) is 22.9 Å². The van der Waals surface area contributed by atoms with Gasteiger partial charge >= 0.3 is 30.3 Å². The number of hydrogen-bond acceptors (Lipinski definition) is 15. The summed E-state index contributed by atoms with van der Waals surface area (Å²) in [5.74, 6) is -1.33. The number of hydrogen-bond donors (Lipinski definition) is 0. The first-order valence-electron chi connectivity index (χ1n) is 25.0. The van der Waals surface area contributed by atoms with Gasteiger partial charge in [0.25, 0.3) is 0 Å². The molecule has 0 radical (unpaired) electrons. The largest absolute Gasteiger partial charge is 0.493 e. The van der Waals surface area contributed by atoms with Crippen LogP contribution in [0.25, 0.3) is 10.8 Å². The van der Waals surface area contributed by atoms with Crippen LogP contribution < -0.4 is 19.1 Å². The summed E-state index contributed by atoms with van der Waals surface area (Å²) in [5.41, 5.74) is -0.818. The first-order chi connectivity index (χ1) is 36.0. The Balaban J connectivity index is 0.896. The topological polar surface area (TPSA) is 147 Å². The second-order valence-corrected chi connectivity index (χ2v) is 20.0. The number of carbonyl (C=O) groups excluding carboxylic acids is 3. The summed E-state index contributed by atoms with van der Waals surface area (Å²) in [6, 6.07) is 22.6. The monoisotopic (exact) mass is 1070 g/mol. The number of anilines is 1. The minimum atomic E-state index is -4.85. The number of epoxide rings is 1. The predicted molar refractivity (Wildman–Crippen MR) is 265 cm³/mol. The molecule has 2 heterocycles. The Morgan fingerprint density at radius 1 is 0.800 bits per heavy atom. The average Bonchev–Trinajstić information content (AvgIpc) is 4.17. The van der Waals surface area contributed by atoms with Gasteiger partial charge in [-0.05, 0) is 135 Å². The number of esters is 3. The molecule has 0 aromatic heterocycles. The second-order valence-electron chi connectivity index (χ2n) is 18.9. The van der Waals surface area contributed by atoms with E-state index in [0.29, 0.717) is 56.7 Å². The molecule has 2 aliphatic heterocycles. The van der Waals surface area contributed by atoms with Crippen LogP contribution in [0.4, 0.5) is 32.0 Å². The van der Waals surface area contributed by atoms with Crippen LogP contribution in [0.15, 0.2) is 101 Å². The number of ether oxygens (including phenoxy) is 7. The third kappa shape index (κ3) is 15.8. The van der Waals surface area contributed by atoms with Crippen molar-refractivity contribution in [2.45, 2.75) is 106 Å². The zero-order chi connectivity index (χ0) is 53.1. The standard InChI is InChI=1S/C54H59F6N3O11S/c1-34(54(58,59)60)49(64)70-28-27-68-42-18-15-36(16-19-42)35-9-11-37(12-10-35)50(65)72-44-21-22-46(73-51(66)40-14-13-39-30-43(20-17-38(39)29-40)67-25-6-26-69-48-33-71-48)41(31-44)32-61-74-63(24-5-23-53(55,56)57)52-62(2)45-7-3-4-8-47(45)75-52/h3-4,7-8,13-14,17,20-22,29-32,35-37,42,48,52H,1,5-6,9-12,15-16,18-19,23-28,33H2,2H3/b61-32+. The molecule has 3 fully saturated rings. The molecule has 4 aromatic rings. The van der Waals surface area contributed by atoms with Crippen LogP contribution >= 0.6 is 11.8 Å². The average molecular weight is 1070 g/mol. The Bertz CT molecular complexity index is 2650. The van der Waals surface area contributed by atoms with Crippen molar-refractivity contribution in [3.8, 4) is 17.2 Å². The molecule has 0 N–H and O–H groups in total. The Morgan fingerprint density at radius 3 is 2.23 bits per heavy atom. The van der Waals surface area contributed by atoms with E-state index in [1.807, 2.05) is 54.4 Å². The van der Waals surface area contributed by atoms with E-state index in [9.17, 15) is 40.7 Å². The minimum absolute atomic E-state index is 0.0200. The minimum Gasteiger partial charge on any atom is -0.493 e. The molecule has 0 bridgehead atoms. The molecule has 0 amide bonds. The molecule has 2 aliphatic carbocycles. The van der Waals surface area contributed by atoms with Gasteiger partial charge in [0.1, 0.15) is 36.0 Å². The fourth-order valence-corrected chi connectivity index (χ4v) is 10.7. The summed E-state index contributed by atoms with van der Waals surface area (Å²) in [4.78, 5) is 47.7. The van der Waals surface area contributed by atoms with Gasteiger partial charge in [-0.3, -0.25) is 9.73 Å². The molecule has 4 aliphatic rings. The Morgan fingerprint density at radius 2 is 1.51 bits per heavy atom. The van der Waals surface area contributed by atoms with E-state index in [2.05, 4.69) is 16.5 Å². The summed E-state index contributed by atoms with van der Waals surface area (Å²) in [7, 11) is 1.81. The molecule has 2 unspecified atom stereocenters. The van der Waals surface area contributed by atoms with Gasteiger partial charge in [-0.2, -0.15) is 26.3 Å². The van der Waals surface area contributed by atoms with Crippen molar-refractivity contribution in [1.82, 2.24) is 5.06 Å². The molecule has 4 aromatic carbocycles. The summed E-state index contributed by atoms with van der Waals surface area (Å²) in [6.07, 6.45) is -2.65. The maximum atomic E-state index is 13.8. The van der Waals surface area contributed by atoms with Gasteiger partial charge in [-0.1, -0.05) is 52.8 Å². The Hall–Kier alpha value is -5.87. The highest BCUT2D eigenvalue weighted by atomic mass is 32.2.